The Bertz CT molecular complexity index is 1420. The molecule has 3 aromatic carbocycles. The van der Waals surface area contributed by atoms with Gasteiger partial charge in [-0.3, -0.25) is 4.79 Å². The zero-order chi connectivity index (χ0) is 26.5. The largest absolute Gasteiger partial charge is 0.493 e. The molecule has 1 aromatic heterocycles. The van der Waals surface area contributed by atoms with Crippen molar-refractivity contribution in [2.75, 3.05) is 47.4 Å². The number of ether oxygens (including phenoxy) is 2. The highest BCUT2D eigenvalue weighted by Gasteiger charge is 2.30. The summed E-state index contributed by atoms with van der Waals surface area (Å²) in [5, 5.41) is 5.04. The molecule has 0 bridgehead atoms. The Morgan fingerprint density at radius 3 is 2.13 bits per heavy atom. The maximum Gasteiger partial charge on any atom is 0.258 e. The van der Waals surface area contributed by atoms with Crippen LogP contribution < -0.4 is 9.47 Å². The highest BCUT2D eigenvalue weighted by Crippen LogP contribution is 2.36. The Morgan fingerprint density at radius 1 is 0.816 bits per heavy atom. The van der Waals surface area contributed by atoms with E-state index in [9.17, 15) is 4.79 Å². The van der Waals surface area contributed by atoms with Gasteiger partial charge in [-0.2, -0.15) is 5.10 Å². The van der Waals surface area contributed by atoms with Crippen LogP contribution in [0.5, 0.6) is 11.5 Å². The molecule has 0 aliphatic carbocycles. The summed E-state index contributed by atoms with van der Waals surface area (Å²) in [5.74, 6) is 1.17. The zero-order valence-electron chi connectivity index (χ0n) is 22.0. The predicted octanol–water partition coefficient (Wildman–Crippen LogP) is 5.11. The number of carbonyl (C=O) groups is 1. The molecule has 1 saturated heterocycles. The SMILES string of the molecule is COc1ccc(-c2nn(-c3ccccc3)c(/C=C/c3ccccc3)c2C(=O)N2CCN(C)CC2)cc1OC. The number of aromatic nitrogens is 2. The molecule has 194 valence electrons. The summed E-state index contributed by atoms with van der Waals surface area (Å²) < 4.78 is 12.9. The van der Waals surface area contributed by atoms with Crippen LogP contribution >= 0.6 is 0 Å². The van der Waals surface area contributed by atoms with Crippen molar-refractivity contribution in [3.63, 3.8) is 0 Å². The molecule has 0 atom stereocenters. The minimum atomic E-state index is -0.0298. The summed E-state index contributed by atoms with van der Waals surface area (Å²) in [5.41, 5.74) is 4.60. The second-order valence-electron chi connectivity index (χ2n) is 9.27. The fraction of sp³-hybridized carbons (Fsp3) is 0.226. The van der Waals surface area contributed by atoms with Crippen LogP contribution in [0.25, 0.3) is 29.1 Å². The Morgan fingerprint density at radius 2 is 1.47 bits per heavy atom. The highest BCUT2D eigenvalue weighted by atomic mass is 16.5. The maximum atomic E-state index is 14.2. The minimum Gasteiger partial charge on any atom is -0.493 e. The van der Waals surface area contributed by atoms with E-state index >= 15 is 0 Å². The lowest BCUT2D eigenvalue weighted by atomic mass is 10.0. The van der Waals surface area contributed by atoms with E-state index < -0.39 is 0 Å². The molecule has 0 unspecified atom stereocenters. The summed E-state index contributed by atoms with van der Waals surface area (Å²) in [6, 6.07) is 25.6. The number of hydrogen-bond acceptors (Lipinski definition) is 5. The molecule has 0 radical (unpaired) electrons. The molecule has 2 heterocycles. The standard InChI is InChI=1S/C31H32N4O3/c1-33-18-20-34(21-19-33)31(36)29-26(16-14-23-10-6-4-7-11-23)35(25-12-8-5-9-13-25)32-30(29)24-15-17-27(37-2)28(22-24)38-3/h4-17,22H,18-21H2,1-3H3/b16-14+. The lowest BCUT2D eigenvalue weighted by Gasteiger charge is -2.32. The van der Waals surface area contributed by atoms with Crippen LogP contribution in [-0.4, -0.2) is 72.9 Å². The summed E-state index contributed by atoms with van der Waals surface area (Å²) in [4.78, 5) is 18.4. The Kier molecular flexibility index (Phi) is 7.56. The van der Waals surface area contributed by atoms with Gasteiger partial charge in [0, 0.05) is 31.7 Å². The number of hydrogen-bond donors (Lipinski definition) is 0. The monoisotopic (exact) mass is 508 g/mol. The highest BCUT2D eigenvalue weighted by molar-refractivity contribution is 6.04. The van der Waals surface area contributed by atoms with E-state index in [1.807, 2.05) is 101 Å². The van der Waals surface area contributed by atoms with Gasteiger partial charge >= 0.3 is 0 Å². The molecule has 0 saturated carbocycles. The summed E-state index contributed by atoms with van der Waals surface area (Å²) in [7, 11) is 5.29. The molecule has 0 N–H and O–H groups in total. The van der Waals surface area contributed by atoms with Crippen molar-refractivity contribution < 1.29 is 14.3 Å². The van der Waals surface area contributed by atoms with Crippen LogP contribution in [0.15, 0.2) is 78.9 Å². The lowest BCUT2D eigenvalue weighted by molar-refractivity contribution is 0.0664. The number of nitrogens with zero attached hydrogens (tertiary/aromatic N) is 4. The van der Waals surface area contributed by atoms with Gasteiger partial charge in [-0.15, -0.1) is 0 Å². The fourth-order valence-electron chi connectivity index (χ4n) is 4.65. The molecular weight excluding hydrogens is 476 g/mol. The molecule has 5 rings (SSSR count). The first kappa shape index (κ1) is 25.3. The Hall–Kier alpha value is -4.36. The molecule has 0 spiro atoms. The maximum absolute atomic E-state index is 14.2. The van der Waals surface area contributed by atoms with Crippen LogP contribution in [0.4, 0.5) is 0 Å². The van der Waals surface area contributed by atoms with Gasteiger partial charge in [-0.25, -0.2) is 4.68 Å². The number of rotatable bonds is 7. The van der Waals surface area contributed by atoms with Crippen molar-refractivity contribution in [3.05, 3.63) is 95.7 Å². The number of methoxy groups -OCH3 is 2. The number of carbonyl (C=O) groups excluding carboxylic acids is 1. The van der Waals surface area contributed by atoms with E-state index in [0.717, 1.165) is 35.6 Å². The van der Waals surface area contributed by atoms with E-state index in [2.05, 4.69) is 11.9 Å². The van der Waals surface area contributed by atoms with E-state index in [-0.39, 0.29) is 5.91 Å². The van der Waals surface area contributed by atoms with Gasteiger partial charge in [0.1, 0.15) is 5.69 Å². The Labute approximate surface area is 223 Å². The molecule has 1 amide bonds. The normalized spacial score (nSPS) is 14.1. The predicted molar refractivity (Wildman–Crippen MR) is 151 cm³/mol. The first-order chi connectivity index (χ1) is 18.6. The third-order valence-electron chi connectivity index (χ3n) is 6.82. The Balaban J connectivity index is 1.72. The van der Waals surface area contributed by atoms with Crippen molar-refractivity contribution >= 4 is 18.1 Å². The second-order valence-corrected chi connectivity index (χ2v) is 9.27. The zero-order valence-corrected chi connectivity index (χ0v) is 22.0. The number of likely N-dealkylation sites (N-methyl/N-ethyl adjacent to an activating group) is 1. The van der Waals surface area contributed by atoms with Crippen molar-refractivity contribution in [2.24, 2.45) is 0 Å². The lowest BCUT2D eigenvalue weighted by Crippen LogP contribution is -2.47. The average molecular weight is 509 g/mol. The number of benzene rings is 3. The quantitative estimate of drug-likeness (QED) is 0.347. The van der Waals surface area contributed by atoms with Crippen molar-refractivity contribution in [3.8, 4) is 28.4 Å². The van der Waals surface area contributed by atoms with Crippen molar-refractivity contribution in [1.82, 2.24) is 19.6 Å². The van der Waals surface area contributed by atoms with Gasteiger partial charge in [0.05, 0.1) is 31.2 Å². The number of piperazine rings is 1. The van der Waals surface area contributed by atoms with Crippen molar-refractivity contribution in [1.29, 1.82) is 0 Å². The van der Waals surface area contributed by atoms with Gasteiger partial charge in [0.15, 0.2) is 11.5 Å². The molecule has 4 aromatic rings. The van der Waals surface area contributed by atoms with Gasteiger partial charge in [0.25, 0.3) is 5.91 Å². The second kappa shape index (κ2) is 11.4. The minimum absolute atomic E-state index is 0.0298. The van der Waals surface area contributed by atoms with E-state index in [1.165, 1.54) is 0 Å². The summed E-state index contributed by atoms with van der Waals surface area (Å²) in [6.45, 7) is 3.00. The van der Waals surface area contributed by atoms with Gasteiger partial charge in [0.2, 0.25) is 0 Å². The van der Waals surface area contributed by atoms with E-state index in [4.69, 9.17) is 14.6 Å². The average Bonchev–Trinajstić information content (AvgIpc) is 3.36. The topological polar surface area (TPSA) is 59.8 Å². The first-order valence-electron chi connectivity index (χ1n) is 12.7. The fourth-order valence-corrected chi connectivity index (χ4v) is 4.65. The van der Waals surface area contributed by atoms with Crippen LogP contribution in [0.2, 0.25) is 0 Å². The molecule has 38 heavy (non-hydrogen) atoms. The smallest absolute Gasteiger partial charge is 0.258 e. The third-order valence-corrected chi connectivity index (χ3v) is 6.82. The molecular formula is C31H32N4O3. The third kappa shape index (κ3) is 5.19. The molecule has 7 heteroatoms. The molecule has 1 fully saturated rings. The van der Waals surface area contributed by atoms with E-state index in [0.29, 0.717) is 35.8 Å². The summed E-state index contributed by atoms with van der Waals surface area (Å²) in [6.07, 6.45) is 4.01. The van der Waals surface area contributed by atoms with Crippen LogP contribution in [0.1, 0.15) is 21.6 Å². The van der Waals surface area contributed by atoms with Crippen LogP contribution in [0, 0.1) is 0 Å². The first-order valence-corrected chi connectivity index (χ1v) is 12.7. The van der Waals surface area contributed by atoms with Gasteiger partial charge in [-0.1, -0.05) is 54.6 Å². The van der Waals surface area contributed by atoms with E-state index in [1.54, 1.807) is 14.2 Å². The van der Waals surface area contributed by atoms with Gasteiger partial charge < -0.3 is 19.3 Å². The molecule has 1 aliphatic rings. The van der Waals surface area contributed by atoms with Crippen LogP contribution in [-0.2, 0) is 0 Å². The van der Waals surface area contributed by atoms with Crippen molar-refractivity contribution in [2.45, 2.75) is 0 Å². The number of amides is 1. The molecule has 1 aliphatic heterocycles. The summed E-state index contributed by atoms with van der Waals surface area (Å²) >= 11 is 0. The van der Waals surface area contributed by atoms with Gasteiger partial charge in [-0.05, 0) is 49.0 Å². The number of para-hydroxylation sites is 1. The van der Waals surface area contributed by atoms with Crippen LogP contribution in [0.3, 0.4) is 0 Å². The molecule has 7 nitrogen and oxygen atoms in total.